The summed E-state index contributed by atoms with van der Waals surface area (Å²) in [7, 11) is 0. The highest BCUT2D eigenvalue weighted by Gasteiger charge is 2.11. The van der Waals surface area contributed by atoms with E-state index in [9.17, 15) is 9.59 Å². The van der Waals surface area contributed by atoms with Crippen LogP contribution in [0.1, 0.15) is 37.4 Å². The van der Waals surface area contributed by atoms with E-state index in [0.29, 0.717) is 22.5 Å². The van der Waals surface area contributed by atoms with Gasteiger partial charge >= 0.3 is 0 Å². The second-order valence-electron chi connectivity index (χ2n) is 6.62. The zero-order valence-electron chi connectivity index (χ0n) is 15.7. The zero-order chi connectivity index (χ0) is 19.4. The average molecular weight is 358 g/mol. The Morgan fingerprint density at radius 2 is 1.44 bits per heavy atom. The molecule has 136 valence electrons. The molecule has 3 rings (SSSR count). The van der Waals surface area contributed by atoms with Gasteiger partial charge in [0, 0.05) is 22.5 Å². The Morgan fingerprint density at radius 3 is 2.11 bits per heavy atom. The van der Waals surface area contributed by atoms with Crippen molar-refractivity contribution in [2.75, 3.05) is 10.6 Å². The summed E-state index contributed by atoms with van der Waals surface area (Å²) in [6.45, 7) is 5.82. The van der Waals surface area contributed by atoms with Crippen LogP contribution in [0.3, 0.4) is 0 Å². The Hall–Kier alpha value is -3.40. The van der Waals surface area contributed by atoms with E-state index in [0.717, 1.165) is 16.7 Å². The van der Waals surface area contributed by atoms with Crippen LogP contribution in [0.4, 0.5) is 11.4 Å². The summed E-state index contributed by atoms with van der Waals surface area (Å²) >= 11 is 0. The van der Waals surface area contributed by atoms with Crippen molar-refractivity contribution in [3.63, 3.8) is 0 Å². The minimum Gasteiger partial charge on any atom is -0.322 e. The lowest BCUT2D eigenvalue weighted by atomic mass is 10.0. The van der Waals surface area contributed by atoms with E-state index in [1.807, 2.05) is 63.2 Å². The van der Waals surface area contributed by atoms with E-state index in [1.165, 1.54) is 0 Å². The van der Waals surface area contributed by atoms with Crippen molar-refractivity contribution in [2.45, 2.75) is 20.8 Å². The van der Waals surface area contributed by atoms with Gasteiger partial charge in [0.05, 0.1) is 0 Å². The monoisotopic (exact) mass is 358 g/mol. The first kappa shape index (κ1) is 18.4. The summed E-state index contributed by atoms with van der Waals surface area (Å²) in [4.78, 5) is 24.8. The highest BCUT2D eigenvalue weighted by molar-refractivity contribution is 6.06. The average Bonchev–Trinajstić information content (AvgIpc) is 2.64. The molecule has 0 aliphatic carbocycles. The molecule has 0 aliphatic heterocycles. The van der Waals surface area contributed by atoms with Crippen LogP contribution in [-0.2, 0) is 0 Å². The Bertz CT molecular complexity index is 995. The number of carbonyl (C=O) groups is 2. The van der Waals surface area contributed by atoms with Crippen LogP contribution in [0.2, 0.25) is 0 Å². The molecule has 0 aliphatic rings. The Labute approximate surface area is 159 Å². The molecule has 0 fully saturated rings. The summed E-state index contributed by atoms with van der Waals surface area (Å²) in [6.07, 6.45) is 0. The fraction of sp³-hybridized carbons (Fsp3) is 0.130. The second kappa shape index (κ2) is 7.87. The molecule has 0 radical (unpaired) electrons. The Morgan fingerprint density at radius 1 is 0.704 bits per heavy atom. The van der Waals surface area contributed by atoms with Gasteiger partial charge in [0.15, 0.2) is 0 Å². The van der Waals surface area contributed by atoms with Crippen LogP contribution in [-0.4, -0.2) is 11.8 Å². The predicted octanol–water partition coefficient (Wildman–Crippen LogP) is 5.12. The van der Waals surface area contributed by atoms with Gasteiger partial charge in [0.2, 0.25) is 0 Å². The topological polar surface area (TPSA) is 58.2 Å². The predicted molar refractivity (Wildman–Crippen MR) is 109 cm³/mol. The van der Waals surface area contributed by atoms with Gasteiger partial charge in [0.1, 0.15) is 0 Å². The van der Waals surface area contributed by atoms with Gasteiger partial charge in [-0.15, -0.1) is 0 Å². The molecule has 4 nitrogen and oxygen atoms in total. The molecule has 4 heteroatoms. The first-order valence-electron chi connectivity index (χ1n) is 8.79. The normalized spacial score (nSPS) is 10.3. The number of hydrogen-bond acceptors (Lipinski definition) is 2. The maximum absolute atomic E-state index is 12.5. The molecular formula is C23H22N2O2. The molecule has 3 aromatic rings. The number of anilines is 2. The summed E-state index contributed by atoms with van der Waals surface area (Å²) in [5.74, 6) is -0.307. The van der Waals surface area contributed by atoms with Gasteiger partial charge < -0.3 is 10.6 Å². The third-order valence-electron chi connectivity index (χ3n) is 4.39. The lowest BCUT2D eigenvalue weighted by molar-refractivity contribution is 0.101. The van der Waals surface area contributed by atoms with Gasteiger partial charge in [-0.3, -0.25) is 9.59 Å². The fourth-order valence-corrected chi connectivity index (χ4v) is 2.93. The lowest BCUT2D eigenvalue weighted by Gasteiger charge is -2.12. The maximum Gasteiger partial charge on any atom is 0.255 e. The molecule has 2 amide bonds. The second-order valence-corrected chi connectivity index (χ2v) is 6.62. The molecular weight excluding hydrogens is 336 g/mol. The van der Waals surface area contributed by atoms with E-state index < -0.39 is 0 Å². The van der Waals surface area contributed by atoms with Crippen LogP contribution in [0.5, 0.6) is 0 Å². The molecule has 0 unspecified atom stereocenters. The molecule has 0 spiro atoms. The number of hydrogen-bond donors (Lipinski definition) is 2. The van der Waals surface area contributed by atoms with Crippen LogP contribution in [0.25, 0.3) is 0 Å². The smallest absolute Gasteiger partial charge is 0.255 e. The highest BCUT2D eigenvalue weighted by Crippen LogP contribution is 2.21. The summed E-state index contributed by atoms with van der Waals surface area (Å²) in [5.41, 5.74) is 5.60. The van der Waals surface area contributed by atoms with Gasteiger partial charge in [-0.2, -0.15) is 0 Å². The van der Waals surface area contributed by atoms with Gasteiger partial charge in [-0.1, -0.05) is 35.9 Å². The summed E-state index contributed by atoms with van der Waals surface area (Å²) < 4.78 is 0. The molecule has 0 bridgehead atoms. The largest absolute Gasteiger partial charge is 0.322 e. The van der Waals surface area contributed by atoms with Crippen LogP contribution in [0, 0.1) is 20.8 Å². The summed E-state index contributed by atoms with van der Waals surface area (Å²) in [5, 5.41) is 5.82. The van der Waals surface area contributed by atoms with Crippen molar-refractivity contribution in [1.29, 1.82) is 0 Å². The third kappa shape index (κ3) is 4.42. The van der Waals surface area contributed by atoms with Crippen molar-refractivity contribution in [1.82, 2.24) is 0 Å². The van der Waals surface area contributed by atoms with E-state index in [4.69, 9.17) is 0 Å². The molecule has 0 aromatic heterocycles. The number of benzene rings is 3. The van der Waals surface area contributed by atoms with Crippen molar-refractivity contribution < 1.29 is 9.59 Å². The van der Waals surface area contributed by atoms with E-state index in [2.05, 4.69) is 10.6 Å². The SMILES string of the molecule is Cc1ccc(C(=O)Nc2ccc(NC(=O)c3ccccc3)c(C)c2)c(C)c1. The summed E-state index contributed by atoms with van der Waals surface area (Å²) in [6, 6.07) is 20.2. The van der Waals surface area contributed by atoms with Gasteiger partial charge in [0.25, 0.3) is 11.8 Å². The highest BCUT2D eigenvalue weighted by atomic mass is 16.2. The fourth-order valence-electron chi connectivity index (χ4n) is 2.93. The van der Waals surface area contributed by atoms with Crippen LogP contribution < -0.4 is 10.6 Å². The third-order valence-corrected chi connectivity index (χ3v) is 4.39. The number of rotatable bonds is 4. The molecule has 0 atom stereocenters. The van der Waals surface area contributed by atoms with E-state index in [-0.39, 0.29) is 11.8 Å². The number of carbonyl (C=O) groups excluding carboxylic acids is 2. The standard InChI is InChI=1S/C23H22N2O2/c1-15-9-11-20(16(2)13-15)23(27)24-19-10-12-21(17(3)14-19)25-22(26)18-7-5-4-6-8-18/h4-14H,1-3H3,(H,24,27)(H,25,26). The maximum atomic E-state index is 12.5. The van der Waals surface area contributed by atoms with Crippen molar-refractivity contribution >= 4 is 23.2 Å². The minimum absolute atomic E-state index is 0.145. The van der Waals surface area contributed by atoms with Gasteiger partial charge in [-0.05, 0) is 68.3 Å². The molecule has 0 saturated carbocycles. The number of amides is 2. The van der Waals surface area contributed by atoms with Crippen molar-refractivity contribution in [2.24, 2.45) is 0 Å². The first-order chi connectivity index (χ1) is 12.9. The number of aryl methyl sites for hydroxylation is 3. The van der Waals surface area contributed by atoms with Gasteiger partial charge in [-0.25, -0.2) is 0 Å². The molecule has 0 saturated heterocycles. The Kier molecular flexibility index (Phi) is 5.36. The van der Waals surface area contributed by atoms with Crippen molar-refractivity contribution in [3.05, 3.63) is 94.5 Å². The van der Waals surface area contributed by atoms with E-state index >= 15 is 0 Å². The van der Waals surface area contributed by atoms with E-state index in [1.54, 1.807) is 24.3 Å². The number of nitrogens with one attached hydrogen (secondary N) is 2. The first-order valence-corrected chi connectivity index (χ1v) is 8.79. The minimum atomic E-state index is -0.161. The Balaban J connectivity index is 1.73. The molecule has 27 heavy (non-hydrogen) atoms. The lowest BCUT2D eigenvalue weighted by Crippen LogP contribution is -2.15. The van der Waals surface area contributed by atoms with Crippen LogP contribution in [0.15, 0.2) is 66.7 Å². The molecule has 2 N–H and O–H groups in total. The molecule has 0 heterocycles. The van der Waals surface area contributed by atoms with Crippen molar-refractivity contribution in [3.8, 4) is 0 Å². The van der Waals surface area contributed by atoms with Crippen LogP contribution >= 0.6 is 0 Å². The zero-order valence-corrected chi connectivity index (χ0v) is 15.7. The quantitative estimate of drug-likeness (QED) is 0.680. The molecule has 3 aromatic carbocycles.